The lowest BCUT2D eigenvalue weighted by molar-refractivity contribution is -0.142. The first kappa shape index (κ1) is 13.5. The Morgan fingerprint density at radius 3 is 3.12 bits per heavy atom. The zero-order valence-corrected chi connectivity index (χ0v) is 11.1. The van der Waals surface area contributed by atoms with Crippen molar-refractivity contribution in [3.8, 4) is 0 Å². The Hall–Kier alpha value is -0.590. The molecule has 1 unspecified atom stereocenters. The average Bonchev–Trinajstić information content (AvgIpc) is 2.81. The molecule has 0 aliphatic carbocycles. The maximum atomic E-state index is 11.5. The van der Waals surface area contributed by atoms with Crippen LogP contribution < -0.4 is 5.32 Å². The van der Waals surface area contributed by atoms with E-state index in [0.717, 1.165) is 17.3 Å². The largest absolute Gasteiger partial charge is 0.468 e. The Morgan fingerprint density at radius 2 is 2.56 bits per heavy atom. The zero-order chi connectivity index (χ0) is 11.8. The first-order valence-corrected chi connectivity index (χ1v) is 6.98. The first-order valence-electron chi connectivity index (χ1n) is 5.11. The second-order valence-electron chi connectivity index (χ2n) is 3.14. The van der Waals surface area contributed by atoms with Gasteiger partial charge in [0.1, 0.15) is 10.4 Å². The number of hydrogen-bond acceptors (Lipinski definition) is 6. The van der Waals surface area contributed by atoms with Crippen LogP contribution >= 0.6 is 23.1 Å². The van der Waals surface area contributed by atoms with Crippen LogP contribution in [-0.2, 0) is 9.53 Å². The number of thioether (sulfide) groups is 1. The van der Waals surface area contributed by atoms with Gasteiger partial charge in [-0.05, 0) is 13.0 Å². The van der Waals surface area contributed by atoms with Gasteiger partial charge in [0, 0.05) is 17.3 Å². The van der Waals surface area contributed by atoms with Crippen molar-refractivity contribution in [2.24, 2.45) is 0 Å². The molecule has 0 aromatic carbocycles. The molecule has 0 fully saturated rings. The van der Waals surface area contributed by atoms with Crippen molar-refractivity contribution in [1.29, 1.82) is 0 Å². The number of nitrogens with zero attached hydrogens (tertiary/aromatic N) is 1. The minimum atomic E-state index is -0.251. The molecule has 90 valence electrons. The number of aromatic nitrogens is 1. The number of nitrogens with one attached hydrogen (secondary N) is 1. The monoisotopic (exact) mass is 260 g/mol. The van der Waals surface area contributed by atoms with Crippen LogP contribution in [0.5, 0.6) is 0 Å². The van der Waals surface area contributed by atoms with Gasteiger partial charge in [-0.15, -0.1) is 11.3 Å². The summed E-state index contributed by atoms with van der Waals surface area (Å²) < 4.78 is 5.73. The summed E-state index contributed by atoms with van der Waals surface area (Å²) in [6.45, 7) is 2.88. The molecular formula is C10H16N2O2S2. The highest BCUT2D eigenvalue weighted by Crippen LogP contribution is 2.21. The van der Waals surface area contributed by atoms with Crippen molar-refractivity contribution >= 4 is 29.1 Å². The van der Waals surface area contributed by atoms with E-state index >= 15 is 0 Å². The van der Waals surface area contributed by atoms with Crippen LogP contribution in [0.2, 0.25) is 0 Å². The number of hydrogen-bond donors (Lipinski definition) is 1. The second-order valence-corrected chi connectivity index (χ2v) is 5.30. The lowest BCUT2D eigenvalue weighted by atomic mass is 10.3. The fourth-order valence-corrected chi connectivity index (χ4v) is 2.81. The van der Waals surface area contributed by atoms with Crippen molar-refractivity contribution in [2.45, 2.75) is 23.7 Å². The topological polar surface area (TPSA) is 51.2 Å². The molecule has 6 heteroatoms. The van der Waals surface area contributed by atoms with Gasteiger partial charge < -0.3 is 10.1 Å². The molecule has 0 saturated carbocycles. The Bertz CT molecular complexity index is 304. The van der Waals surface area contributed by atoms with Crippen molar-refractivity contribution in [3.63, 3.8) is 0 Å². The molecule has 0 amide bonds. The first-order chi connectivity index (χ1) is 7.77. The minimum Gasteiger partial charge on any atom is -0.468 e. The smallest absolute Gasteiger partial charge is 0.323 e. The molecule has 1 atom stereocenters. The third kappa shape index (κ3) is 4.51. The Kier molecular flexibility index (Phi) is 6.44. The number of methoxy groups -OCH3 is 1. The molecule has 1 aromatic rings. The number of carbonyl (C=O) groups is 1. The van der Waals surface area contributed by atoms with Gasteiger partial charge in [-0.3, -0.25) is 4.79 Å². The summed E-state index contributed by atoms with van der Waals surface area (Å²) in [5.41, 5.74) is 0. The SMILES string of the molecule is CCCNC(CSc1nccs1)C(=O)OC. The number of thiazole rings is 1. The third-order valence-electron chi connectivity index (χ3n) is 1.91. The summed E-state index contributed by atoms with van der Waals surface area (Å²) in [6.07, 6.45) is 2.76. The molecule has 0 aliphatic rings. The molecular weight excluding hydrogens is 244 g/mol. The number of ether oxygens (including phenoxy) is 1. The predicted molar refractivity (Wildman–Crippen MR) is 66.9 cm³/mol. The molecule has 16 heavy (non-hydrogen) atoms. The van der Waals surface area contributed by atoms with E-state index in [9.17, 15) is 4.79 Å². The standard InChI is InChI=1S/C10H16N2O2S2/c1-3-4-11-8(9(13)14-2)7-16-10-12-5-6-15-10/h5-6,8,11H,3-4,7H2,1-2H3. The number of esters is 1. The maximum Gasteiger partial charge on any atom is 0.323 e. The van der Waals surface area contributed by atoms with Gasteiger partial charge in [0.15, 0.2) is 0 Å². The van der Waals surface area contributed by atoms with Crippen LogP contribution in [-0.4, -0.2) is 36.4 Å². The van der Waals surface area contributed by atoms with Crippen molar-refractivity contribution in [3.05, 3.63) is 11.6 Å². The molecule has 1 rings (SSSR count). The van der Waals surface area contributed by atoms with Crippen LogP contribution in [0.1, 0.15) is 13.3 Å². The lowest BCUT2D eigenvalue weighted by Gasteiger charge is -2.14. The van der Waals surface area contributed by atoms with Crippen LogP contribution in [0.15, 0.2) is 15.9 Å². The van der Waals surface area contributed by atoms with Gasteiger partial charge in [-0.2, -0.15) is 0 Å². The van der Waals surface area contributed by atoms with E-state index in [1.807, 2.05) is 5.38 Å². The fourth-order valence-electron chi connectivity index (χ4n) is 1.11. The van der Waals surface area contributed by atoms with Gasteiger partial charge in [0.2, 0.25) is 0 Å². The van der Waals surface area contributed by atoms with Gasteiger partial charge in [-0.25, -0.2) is 4.98 Å². The number of carbonyl (C=O) groups excluding carboxylic acids is 1. The summed E-state index contributed by atoms with van der Waals surface area (Å²) in [5, 5.41) is 5.09. The molecule has 0 saturated heterocycles. The number of rotatable bonds is 7. The van der Waals surface area contributed by atoms with E-state index in [1.165, 1.54) is 7.11 Å². The van der Waals surface area contributed by atoms with E-state index in [2.05, 4.69) is 17.2 Å². The maximum absolute atomic E-state index is 11.5. The lowest BCUT2D eigenvalue weighted by Crippen LogP contribution is -2.40. The van der Waals surface area contributed by atoms with Gasteiger partial charge in [0.05, 0.1) is 7.11 Å². The molecule has 0 aliphatic heterocycles. The highest BCUT2D eigenvalue weighted by Gasteiger charge is 2.18. The highest BCUT2D eigenvalue weighted by atomic mass is 32.2. The van der Waals surface area contributed by atoms with Gasteiger partial charge in [-0.1, -0.05) is 18.7 Å². The molecule has 4 nitrogen and oxygen atoms in total. The minimum absolute atomic E-state index is 0.211. The summed E-state index contributed by atoms with van der Waals surface area (Å²) in [6, 6.07) is -0.251. The molecule has 1 N–H and O–H groups in total. The van der Waals surface area contributed by atoms with E-state index < -0.39 is 0 Å². The molecule has 0 spiro atoms. The Morgan fingerprint density at radius 1 is 1.75 bits per heavy atom. The van der Waals surface area contributed by atoms with E-state index in [1.54, 1.807) is 29.3 Å². The van der Waals surface area contributed by atoms with Crippen LogP contribution in [0, 0.1) is 0 Å². The molecule has 1 aromatic heterocycles. The molecule has 0 radical (unpaired) electrons. The van der Waals surface area contributed by atoms with Crippen molar-refractivity contribution in [1.82, 2.24) is 10.3 Å². The predicted octanol–water partition coefficient (Wildman–Crippen LogP) is 1.78. The Labute approximate surface area is 104 Å². The quantitative estimate of drug-likeness (QED) is 0.598. The zero-order valence-electron chi connectivity index (χ0n) is 9.43. The molecule has 0 bridgehead atoms. The summed E-state index contributed by atoms with van der Waals surface area (Å²) in [5.74, 6) is 0.442. The summed E-state index contributed by atoms with van der Waals surface area (Å²) >= 11 is 3.15. The van der Waals surface area contributed by atoms with Crippen LogP contribution in [0.4, 0.5) is 0 Å². The van der Waals surface area contributed by atoms with Gasteiger partial charge >= 0.3 is 5.97 Å². The van der Waals surface area contributed by atoms with E-state index in [0.29, 0.717) is 5.75 Å². The third-order valence-corrected chi connectivity index (χ3v) is 3.97. The summed E-state index contributed by atoms with van der Waals surface area (Å²) in [7, 11) is 1.41. The van der Waals surface area contributed by atoms with E-state index in [-0.39, 0.29) is 12.0 Å². The fraction of sp³-hybridized carbons (Fsp3) is 0.600. The Balaban J connectivity index is 2.40. The normalized spacial score (nSPS) is 12.4. The second kappa shape index (κ2) is 7.65. The van der Waals surface area contributed by atoms with Crippen LogP contribution in [0.25, 0.3) is 0 Å². The van der Waals surface area contributed by atoms with Crippen LogP contribution in [0.3, 0.4) is 0 Å². The average molecular weight is 260 g/mol. The highest BCUT2D eigenvalue weighted by molar-refractivity contribution is 8.01. The van der Waals surface area contributed by atoms with E-state index in [4.69, 9.17) is 4.74 Å². The summed E-state index contributed by atoms with van der Waals surface area (Å²) in [4.78, 5) is 15.6. The van der Waals surface area contributed by atoms with Gasteiger partial charge in [0.25, 0.3) is 0 Å². The van der Waals surface area contributed by atoms with Crippen molar-refractivity contribution < 1.29 is 9.53 Å². The van der Waals surface area contributed by atoms with Crippen molar-refractivity contribution in [2.75, 3.05) is 19.4 Å². The molecule has 1 heterocycles.